The first-order valence-electron chi connectivity index (χ1n) is 8.29. The molecule has 2 aromatic heterocycles. The second kappa shape index (κ2) is 7.72. The highest BCUT2D eigenvalue weighted by Gasteiger charge is 2.16. The van der Waals surface area contributed by atoms with Gasteiger partial charge in [-0.3, -0.25) is 4.79 Å². The zero-order chi connectivity index (χ0) is 18.7. The first kappa shape index (κ1) is 18.2. The molecule has 2 N–H and O–H groups in total. The van der Waals surface area contributed by atoms with Gasteiger partial charge in [0.1, 0.15) is 6.33 Å². The summed E-state index contributed by atoms with van der Waals surface area (Å²) in [4.78, 5) is 22.9. The second-order valence-corrected chi connectivity index (χ2v) is 7.30. The molecule has 0 saturated heterocycles. The lowest BCUT2D eigenvalue weighted by Crippen LogP contribution is -2.29. The van der Waals surface area contributed by atoms with Crippen LogP contribution in [0.25, 0.3) is 10.2 Å². The molecule has 0 spiro atoms. The lowest BCUT2D eigenvalue weighted by atomic mass is 10.0. The molecule has 1 atom stereocenters. The summed E-state index contributed by atoms with van der Waals surface area (Å²) in [5.74, 6) is 0.518. The van der Waals surface area contributed by atoms with E-state index in [0.29, 0.717) is 12.0 Å². The van der Waals surface area contributed by atoms with Crippen LogP contribution >= 0.6 is 11.3 Å². The van der Waals surface area contributed by atoms with Crippen LogP contribution in [0.2, 0.25) is 0 Å². The molecule has 26 heavy (non-hydrogen) atoms. The molecule has 3 rings (SSSR count). The Bertz CT molecular complexity index is 933. The van der Waals surface area contributed by atoms with E-state index >= 15 is 0 Å². The summed E-state index contributed by atoms with van der Waals surface area (Å²) in [7, 11) is 3.89. The summed E-state index contributed by atoms with van der Waals surface area (Å²) < 4.78 is 0.993. The molecule has 1 aromatic carbocycles. The number of hydrogen-bond acceptors (Lipinski definition) is 7. The largest absolute Gasteiger partial charge is 0.339 e. The van der Waals surface area contributed by atoms with Crippen molar-refractivity contribution < 1.29 is 4.79 Å². The van der Waals surface area contributed by atoms with E-state index in [1.54, 1.807) is 23.5 Å². The van der Waals surface area contributed by atoms with Gasteiger partial charge < -0.3 is 15.6 Å². The van der Waals surface area contributed by atoms with Crippen LogP contribution in [0.3, 0.4) is 0 Å². The van der Waals surface area contributed by atoms with Crippen molar-refractivity contribution in [2.24, 2.45) is 0 Å². The summed E-state index contributed by atoms with van der Waals surface area (Å²) >= 11 is 1.58. The fourth-order valence-corrected chi connectivity index (χ4v) is 3.25. The van der Waals surface area contributed by atoms with E-state index in [4.69, 9.17) is 5.41 Å². The third kappa shape index (κ3) is 3.95. The third-order valence-corrected chi connectivity index (χ3v) is 5.22. The predicted molar refractivity (Wildman–Crippen MR) is 107 cm³/mol. The number of rotatable bonds is 7. The van der Waals surface area contributed by atoms with Gasteiger partial charge in [0, 0.05) is 23.7 Å². The van der Waals surface area contributed by atoms with Crippen molar-refractivity contribution in [3.05, 3.63) is 47.6 Å². The minimum atomic E-state index is -0.229. The lowest BCUT2D eigenvalue weighted by Gasteiger charge is -2.19. The van der Waals surface area contributed by atoms with Crippen LogP contribution in [-0.2, 0) is 0 Å². The van der Waals surface area contributed by atoms with E-state index in [2.05, 4.69) is 15.3 Å². The van der Waals surface area contributed by atoms with E-state index in [9.17, 15) is 4.79 Å². The number of aromatic nitrogens is 2. The molecule has 0 bridgehead atoms. The highest BCUT2D eigenvalue weighted by atomic mass is 32.1. The van der Waals surface area contributed by atoms with Gasteiger partial charge in [-0.25, -0.2) is 9.97 Å². The fourth-order valence-electron chi connectivity index (χ4n) is 2.46. The van der Waals surface area contributed by atoms with Crippen LogP contribution in [0.15, 0.2) is 42.0 Å². The molecule has 0 fully saturated rings. The highest BCUT2D eigenvalue weighted by Crippen LogP contribution is 2.27. The first-order valence-corrected chi connectivity index (χ1v) is 9.17. The van der Waals surface area contributed by atoms with Crippen LogP contribution in [0.5, 0.6) is 0 Å². The summed E-state index contributed by atoms with van der Waals surface area (Å²) in [6.07, 6.45) is 1.96. The standard InChI is InChI=1S/C19H21N5OS/c1-12(24(2)3)10-15(20)17(25)13-4-6-14(7-5-13)23-19-18-16(8-9-26-18)21-11-22-19/h4-9,11-12,20H,10H2,1-3H3,(H,21,22,23). The molecule has 2 heterocycles. The summed E-state index contributed by atoms with van der Waals surface area (Å²) in [5.41, 5.74) is 2.39. The van der Waals surface area contributed by atoms with E-state index in [1.165, 1.54) is 6.33 Å². The Kier molecular flexibility index (Phi) is 5.39. The van der Waals surface area contributed by atoms with Crippen LogP contribution < -0.4 is 5.32 Å². The van der Waals surface area contributed by atoms with Crippen molar-refractivity contribution >= 4 is 44.6 Å². The zero-order valence-electron chi connectivity index (χ0n) is 15.0. The zero-order valence-corrected chi connectivity index (χ0v) is 15.8. The maximum Gasteiger partial charge on any atom is 0.206 e. The predicted octanol–water partition coefficient (Wildman–Crippen LogP) is 3.98. The smallest absolute Gasteiger partial charge is 0.206 e. The number of thiophene rings is 1. The third-order valence-electron chi connectivity index (χ3n) is 4.31. The normalized spacial score (nSPS) is 12.3. The molecule has 6 nitrogen and oxygen atoms in total. The SMILES string of the molecule is CC(CC(=N)C(=O)c1ccc(Nc2ncnc3ccsc23)cc1)N(C)C. The summed E-state index contributed by atoms with van der Waals surface area (Å²) in [5, 5.41) is 13.3. The van der Waals surface area contributed by atoms with Gasteiger partial charge in [-0.05, 0) is 56.7 Å². The van der Waals surface area contributed by atoms with Crippen molar-refractivity contribution in [2.75, 3.05) is 19.4 Å². The Balaban J connectivity index is 1.71. The Hall–Kier alpha value is -2.64. The Morgan fingerprint density at radius 2 is 1.96 bits per heavy atom. The van der Waals surface area contributed by atoms with Gasteiger partial charge in [-0.2, -0.15) is 0 Å². The maximum atomic E-state index is 12.4. The van der Waals surface area contributed by atoms with Crippen molar-refractivity contribution in [3.8, 4) is 0 Å². The van der Waals surface area contributed by atoms with Crippen LogP contribution in [0.4, 0.5) is 11.5 Å². The monoisotopic (exact) mass is 367 g/mol. The molecular weight excluding hydrogens is 346 g/mol. The van der Waals surface area contributed by atoms with E-state index in [1.807, 2.05) is 49.5 Å². The average Bonchev–Trinajstić information content (AvgIpc) is 3.11. The molecular formula is C19H21N5OS. The van der Waals surface area contributed by atoms with Crippen molar-refractivity contribution in [3.63, 3.8) is 0 Å². The Morgan fingerprint density at radius 1 is 1.23 bits per heavy atom. The number of Topliss-reactive ketones (excluding diaryl/α,β-unsaturated/α-hetero) is 1. The summed E-state index contributed by atoms with van der Waals surface area (Å²) in [6.45, 7) is 2.00. The van der Waals surface area contributed by atoms with Crippen LogP contribution in [0, 0.1) is 5.41 Å². The minimum Gasteiger partial charge on any atom is -0.339 e. The molecule has 7 heteroatoms. The minimum absolute atomic E-state index is 0.128. The van der Waals surface area contributed by atoms with Gasteiger partial charge in [-0.15, -0.1) is 11.3 Å². The van der Waals surface area contributed by atoms with E-state index in [0.717, 1.165) is 21.7 Å². The number of carbonyl (C=O) groups excluding carboxylic acids is 1. The van der Waals surface area contributed by atoms with Gasteiger partial charge in [-0.1, -0.05) is 0 Å². The van der Waals surface area contributed by atoms with Crippen molar-refractivity contribution in [1.82, 2.24) is 14.9 Å². The number of fused-ring (bicyclic) bond motifs is 1. The van der Waals surface area contributed by atoms with Crippen LogP contribution in [-0.4, -0.2) is 46.5 Å². The number of hydrogen-bond donors (Lipinski definition) is 2. The average molecular weight is 367 g/mol. The van der Waals surface area contributed by atoms with Gasteiger partial charge >= 0.3 is 0 Å². The molecule has 134 valence electrons. The number of nitrogens with one attached hydrogen (secondary N) is 2. The summed E-state index contributed by atoms with van der Waals surface area (Å²) in [6, 6.07) is 9.25. The molecule has 3 aromatic rings. The molecule has 0 amide bonds. The van der Waals surface area contributed by atoms with Crippen LogP contribution in [0.1, 0.15) is 23.7 Å². The number of ketones is 1. The second-order valence-electron chi connectivity index (χ2n) is 6.38. The van der Waals surface area contributed by atoms with Gasteiger partial charge in [0.05, 0.1) is 15.9 Å². The van der Waals surface area contributed by atoms with E-state index in [-0.39, 0.29) is 17.5 Å². The Labute approximate surface area is 156 Å². The van der Waals surface area contributed by atoms with E-state index < -0.39 is 0 Å². The first-order chi connectivity index (χ1) is 12.5. The molecule has 0 aliphatic rings. The number of anilines is 2. The molecule has 1 unspecified atom stereocenters. The van der Waals surface area contributed by atoms with Gasteiger partial charge in [0.15, 0.2) is 5.82 Å². The number of carbonyl (C=O) groups is 1. The maximum absolute atomic E-state index is 12.4. The van der Waals surface area contributed by atoms with Crippen molar-refractivity contribution in [2.45, 2.75) is 19.4 Å². The van der Waals surface area contributed by atoms with Crippen molar-refractivity contribution in [1.29, 1.82) is 5.41 Å². The Morgan fingerprint density at radius 3 is 2.65 bits per heavy atom. The number of benzene rings is 1. The fraction of sp³-hybridized carbons (Fsp3) is 0.263. The molecule has 0 aliphatic carbocycles. The molecule has 0 radical (unpaired) electrons. The molecule has 0 aliphatic heterocycles. The molecule has 0 saturated carbocycles. The van der Waals surface area contributed by atoms with Gasteiger partial charge in [0.25, 0.3) is 0 Å². The lowest BCUT2D eigenvalue weighted by molar-refractivity contribution is 0.106. The number of nitrogens with zero attached hydrogens (tertiary/aromatic N) is 3. The van der Waals surface area contributed by atoms with Gasteiger partial charge in [0.2, 0.25) is 5.78 Å². The quantitative estimate of drug-likeness (QED) is 0.488. The topological polar surface area (TPSA) is 82.0 Å². The highest BCUT2D eigenvalue weighted by molar-refractivity contribution is 7.17.